The minimum atomic E-state index is -1.51. The molecule has 2 aliphatic rings. The number of methoxy groups -OCH3 is 1. The molecule has 0 amide bonds. The number of nitrogens with zero attached hydrogens (tertiary/aromatic N) is 2. The molecule has 0 spiro atoms. The first-order valence-corrected chi connectivity index (χ1v) is 13.9. The summed E-state index contributed by atoms with van der Waals surface area (Å²) in [6.45, 7) is 3.17. The third-order valence-electron chi connectivity index (χ3n) is 7.29. The van der Waals surface area contributed by atoms with Gasteiger partial charge in [-0.25, -0.2) is 14.2 Å². The predicted octanol–water partition coefficient (Wildman–Crippen LogP) is 4.20. The normalized spacial score (nSPS) is 19.9. The van der Waals surface area contributed by atoms with Gasteiger partial charge in [-0.05, 0) is 66.6 Å². The second-order valence-corrected chi connectivity index (χ2v) is 11.9. The zero-order valence-corrected chi connectivity index (χ0v) is 23.1. The van der Waals surface area contributed by atoms with Crippen LogP contribution in [0, 0.1) is 6.92 Å². The third kappa shape index (κ3) is 4.67. The number of para-hydroxylation sites is 1. The number of fused-ring (bicyclic) bond motifs is 1. The number of carbonyl (C=O) groups is 1. The van der Waals surface area contributed by atoms with Crippen LogP contribution in [-0.4, -0.2) is 46.6 Å². The van der Waals surface area contributed by atoms with Crippen molar-refractivity contribution in [3.05, 3.63) is 60.0 Å². The summed E-state index contributed by atoms with van der Waals surface area (Å²) in [4.78, 5) is 40.1. The minimum Gasteiger partial charge on any atom is -0.496 e. The lowest BCUT2D eigenvalue weighted by molar-refractivity contribution is -0.142. The van der Waals surface area contributed by atoms with Crippen LogP contribution in [0.4, 0.5) is 0 Å². The predicted molar refractivity (Wildman–Crippen MR) is 143 cm³/mol. The van der Waals surface area contributed by atoms with Gasteiger partial charge in [-0.15, -0.1) is 11.3 Å². The van der Waals surface area contributed by atoms with Crippen LogP contribution in [-0.2, 0) is 26.4 Å². The van der Waals surface area contributed by atoms with Crippen LogP contribution >= 0.6 is 27.3 Å². The van der Waals surface area contributed by atoms with Gasteiger partial charge in [-0.3, -0.25) is 9.36 Å². The largest absolute Gasteiger partial charge is 0.496 e. The molecule has 2 aromatic heterocycles. The lowest BCUT2D eigenvalue weighted by Crippen LogP contribution is -2.49. The van der Waals surface area contributed by atoms with Crippen molar-refractivity contribution in [1.29, 1.82) is 0 Å². The molecule has 37 heavy (non-hydrogen) atoms. The summed E-state index contributed by atoms with van der Waals surface area (Å²) in [5, 5.41) is 10.3. The first-order valence-electron chi connectivity index (χ1n) is 12.3. The van der Waals surface area contributed by atoms with E-state index in [2.05, 4.69) is 15.9 Å². The highest BCUT2D eigenvalue weighted by atomic mass is 79.9. The molecule has 2 atom stereocenters. The van der Waals surface area contributed by atoms with Gasteiger partial charge in [0, 0.05) is 18.8 Å². The second kappa shape index (κ2) is 10.4. The average Bonchev–Trinajstić information content (AvgIpc) is 3.67. The van der Waals surface area contributed by atoms with Crippen molar-refractivity contribution in [3.63, 3.8) is 0 Å². The number of carboxylic acids is 1. The number of aryl methyl sites for hydroxylation is 1. The van der Waals surface area contributed by atoms with Crippen molar-refractivity contribution in [3.8, 4) is 5.75 Å². The Morgan fingerprint density at radius 3 is 2.73 bits per heavy atom. The zero-order valence-electron chi connectivity index (χ0n) is 20.7. The van der Waals surface area contributed by atoms with E-state index in [1.54, 1.807) is 14.0 Å². The molecule has 1 saturated carbocycles. The van der Waals surface area contributed by atoms with Gasteiger partial charge in [0.15, 0.2) is 0 Å². The van der Waals surface area contributed by atoms with E-state index in [-0.39, 0.29) is 25.5 Å². The van der Waals surface area contributed by atoms with Crippen molar-refractivity contribution < 1.29 is 24.1 Å². The minimum absolute atomic E-state index is 0.0832. The van der Waals surface area contributed by atoms with Gasteiger partial charge in [0.2, 0.25) is 0 Å². The van der Waals surface area contributed by atoms with E-state index in [1.807, 2.05) is 24.3 Å². The maximum Gasteiger partial charge on any atom is 0.333 e. The van der Waals surface area contributed by atoms with Crippen molar-refractivity contribution in [2.24, 2.45) is 0 Å². The maximum atomic E-state index is 13.9. The monoisotopic (exact) mass is 592 g/mol. The highest BCUT2D eigenvalue weighted by Crippen LogP contribution is 2.43. The summed E-state index contributed by atoms with van der Waals surface area (Å²) in [5.41, 5.74) is -1.25. The Balaban J connectivity index is 1.68. The maximum absolute atomic E-state index is 13.9. The molecule has 0 radical (unpaired) electrons. The number of hydrogen-bond acceptors (Lipinski definition) is 7. The average molecular weight is 593 g/mol. The van der Waals surface area contributed by atoms with Gasteiger partial charge >= 0.3 is 11.7 Å². The number of hydrogen-bond donors (Lipinski definition) is 1. The summed E-state index contributed by atoms with van der Waals surface area (Å²) in [6, 6.07) is 7.51. The molecule has 11 heteroatoms. The fourth-order valence-electron chi connectivity index (χ4n) is 5.06. The lowest BCUT2D eigenvalue weighted by Gasteiger charge is -2.27. The molecule has 2 fully saturated rings. The molecule has 9 nitrogen and oxygen atoms in total. The van der Waals surface area contributed by atoms with Gasteiger partial charge in [-0.1, -0.05) is 18.2 Å². The molecular formula is C26H29BrN2O7S. The molecule has 1 aliphatic heterocycles. The summed E-state index contributed by atoms with van der Waals surface area (Å²) in [5.74, 6) is -0.539. The molecule has 3 heterocycles. The fraction of sp³-hybridized carbons (Fsp3) is 0.500. The van der Waals surface area contributed by atoms with Crippen molar-refractivity contribution in [2.45, 2.75) is 63.3 Å². The smallest absolute Gasteiger partial charge is 0.333 e. The van der Waals surface area contributed by atoms with E-state index in [4.69, 9.17) is 14.2 Å². The Morgan fingerprint density at radius 1 is 1.27 bits per heavy atom. The quantitative estimate of drug-likeness (QED) is 0.417. The topological polar surface area (TPSA) is 109 Å². The van der Waals surface area contributed by atoms with E-state index in [9.17, 15) is 19.5 Å². The Morgan fingerprint density at radius 2 is 2.03 bits per heavy atom. The number of aromatic nitrogens is 2. The Bertz CT molecular complexity index is 1450. The zero-order chi connectivity index (χ0) is 26.3. The molecule has 0 bridgehead atoms. The van der Waals surface area contributed by atoms with Gasteiger partial charge in [-0.2, -0.15) is 0 Å². The lowest BCUT2D eigenvalue weighted by atomic mass is 10.1. The van der Waals surface area contributed by atoms with Crippen molar-refractivity contribution in [2.75, 3.05) is 20.3 Å². The number of aliphatic carboxylic acids is 1. The standard InChI is InChI=1S/C26H29BrN2O7S/c1-15-20-22(30)29(26(10-11-26)24(31)32)25(33)28(23(20)37-21(15)27)14-19(17-7-3-4-8-18(17)34-2)36-16-6-5-12-35-13-9-16/h3-4,7-8,16,19H,5-6,9-14H2,1-2H3,(H,31,32)/t16?,19-/m0/s1. The van der Waals surface area contributed by atoms with Crippen LogP contribution in [0.15, 0.2) is 37.6 Å². The molecule has 198 valence electrons. The number of carboxylic acid groups (broad SMARTS) is 1. The Labute approximate surface area is 225 Å². The highest BCUT2D eigenvalue weighted by molar-refractivity contribution is 9.11. The molecule has 1 aliphatic carbocycles. The van der Waals surface area contributed by atoms with E-state index in [1.165, 1.54) is 15.9 Å². The molecule has 3 aromatic rings. The number of ether oxygens (including phenoxy) is 3. The molecule has 1 N–H and O–H groups in total. The summed E-state index contributed by atoms with van der Waals surface area (Å²) in [6.07, 6.45) is 2.23. The Hall–Kier alpha value is -2.47. The van der Waals surface area contributed by atoms with E-state index >= 15 is 0 Å². The van der Waals surface area contributed by atoms with Crippen LogP contribution in [0.5, 0.6) is 5.75 Å². The molecule has 1 saturated heterocycles. The molecule has 5 rings (SSSR count). The number of halogens is 1. The molecule has 1 unspecified atom stereocenters. The first kappa shape index (κ1) is 26.1. The summed E-state index contributed by atoms with van der Waals surface area (Å²) < 4.78 is 21.0. The van der Waals surface area contributed by atoms with E-state index < -0.39 is 28.9 Å². The summed E-state index contributed by atoms with van der Waals surface area (Å²) in [7, 11) is 1.59. The van der Waals surface area contributed by atoms with Crippen molar-refractivity contribution in [1.82, 2.24) is 9.13 Å². The van der Waals surface area contributed by atoms with E-state index in [0.29, 0.717) is 34.7 Å². The van der Waals surface area contributed by atoms with Crippen LogP contribution in [0.3, 0.4) is 0 Å². The first-order chi connectivity index (χ1) is 17.8. The van der Waals surface area contributed by atoms with Gasteiger partial charge < -0.3 is 19.3 Å². The second-order valence-electron chi connectivity index (χ2n) is 9.58. The van der Waals surface area contributed by atoms with Gasteiger partial charge in [0.25, 0.3) is 5.56 Å². The molecule has 1 aromatic carbocycles. The number of benzene rings is 1. The van der Waals surface area contributed by atoms with Gasteiger partial charge in [0.05, 0.1) is 28.9 Å². The highest BCUT2D eigenvalue weighted by Gasteiger charge is 2.55. The van der Waals surface area contributed by atoms with Crippen LogP contribution in [0.25, 0.3) is 10.2 Å². The van der Waals surface area contributed by atoms with E-state index in [0.717, 1.165) is 33.2 Å². The molecular weight excluding hydrogens is 564 g/mol. The number of thiophene rings is 1. The summed E-state index contributed by atoms with van der Waals surface area (Å²) >= 11 is 4.81. The Kier molecular flexibility index (Phi) is 7.32. The SMILES string of the molecule is COc1ccccc1[C@H](Cn1c(=O)n(C2(C(=O)O)CC2)c(=O)c2c(C)c(Br)sc21)OC1CCCOCC1. The van der Waals surface area contributed by atoms with Crippen LogP contribution in [0.2, 0.25) is 0 Å². The third-order valence-corrected chi connectivity index (χ3v) is 9.48. The van der Waals surface area contributed by atoms with Crippen LogP contribution < -0.4 is 16.0 Å². The van der Waals surface area contributed by atoms with Crippen molar-refractivity contribution >= 4 is 43.5 Å². The fourth-order valence-corrected chi connectivity index (χ4v) is 6.75. The number of rotatable bonds is 8. The van der Waals surface area contributed by atoms with Crippen LogP contribution in [0.1, 0.15) is 49.3 Å². The van der Waals surface area contributed by atoms with Gasteiger partial charge in [0.1, 0.15) is 22.2 Å².